The van der Waals surface area contributed by atoms with Crippen LogP contribution in [-0.2, 0) is 0 Å². The topological polar surface area (TPSA) is 41.1 Å². The minimum Gasteiger partial charge on any atom is -0.369 e. The van der Waals surface area contributed by atoms with Gasteiger partial charge in [-0.25, -0.2) is 4.98 Å². The molecule has 0 spiro atoms. The SMILES string of the molecule is CCNc1cncc(N(CC)C2CCCCC2)n1. The lowest BCUT2D eigenvalue weighted by molar-refractivity contribution is 0.416. The third kappa shape index (κ3) is 3.12. The maximum absolute atomic E-state index is 4.66. The second-order valence-corrected chi connectivity index (χ2v) is 4.87. The lowest BCUT2D eigenvalue weighted by atomic mass is 9.94. The first-order valence-electron chi connectivity index (χ1n) is 7.17. The molecule has 1 saturated carbocycles. The van der Waals surface area contributed by atoms with Crippen LogP contribution in [0.1, 0.15) is 46.0 Å². The summed E-state index contributed by atoms with van der Waals surface area (Å²) in [4.78, 5) is 11.4. The van der Waals surface area contributed by atoms with E-state index >= 15 is 0 Å². The highest BCUT2D eigenvalue weighted by Gasteiger charge is 2.21. The van der Waals surface area contributed by atoms with Crippen LogP contribution in [0.5, 0.6) is 0 Å². The van der Waals surface area contributed by atoms with E-state index in [-0.39, 0.29) is 0 Å². The zero-order chi connectivity index (χ0) is 12.8. The van der Waals surface area contributed by atoms with E-state index in [1.54, 1.807) is 6.20 Å². The van der Waals surface area contributed by atoms with Gasteiger partial charge in [-0.2, -0.15) is 0 Å². The molecule has 0 aromatic carbocycles. The smallest absolute Gasteiger partial charge is 0.149 e. The van der Waals surface area contributed by atoms with Gasteiger partial charge < -0.3 is 10.2 Å². The zero-order valence-corrected chi connectivity index (χ0v) is 11.5. The van der Waals surface area contributed by atoms with Gasteiger partial charge in [0.25, 0.3) is 0 Å². The predicted octanol–water partition coefficient (Wildman–Crippen LogP) is 3.07. The lowest BCUT2D eigenvalue weighted by Gasteiger charge is -2.34. The first kappa shape index (κ1) is 13.1. The van der Waals surface area contributed by atoms with Crippen molar-refractivity contribution in [3.63, 3.8) is 0 Å². The van der Waals surface area contributed by atoms with Crippen molar-refractivity contribution in [1.82, 2.24) is 9.97 Å². The van der Waals surface area contributed by atoms with Crippen molar-refractivity contribution in [3.8, 4) is 0 Å². The van der Waals surface area contributed by atoms with Crippen molar-refractivity contribution in [2.24, 2.45) is 0 Å². The Morgan fingerprint density at radius 1 is 1.22 bits per heavy atom. The highest BCUT2D eigenvalue weighted by Crippen LogP contribution is 2.26. The fourth-order valence-electron chi connectivity index (χ4n) is 2.76. The van der Waals surface area contributed by atoms with E-state index in [0.717, 1.165) is 24.7 Å². The van der Waals surface area contributed by atoms with Crippen LogP contribution >= 0.6 is 0 Å². The Bertz CT molecular complexity index is 361. The molecule has 0 unspecified atom stereocenters. The number of nitrogens with zero attached hydrogens (tertiary/aromatic N) is 3. The molecule has 1 fully saturated rings. The Kier molecular flexibility index (Phi) is 4.79. The summed E-state index contributed by atoms with van der Waals surface area (Å²) in [7, 11) is 0. The van der Waals surface area contributed by atoms with Crippen molar-refractivity contribution in [1.29, 1.82) is 0 Å². The highest BCUT2D eigenvalue weighted by molar-refractivity contribution is 5.44. The monoisotopic (exact) mass is 248 g/mol. The average Bonchev–Trinajstić information content (AvgIpc) is 2.42. The quantitative estimate of drug-likeness (QED) is 0.869. The van der Waals surface area contributed by atoms with Crippen molar-refractivity contribution in [2.75, 3.05) is 23.3 Å². The van der Waals surface area contributed by atoms with Gasteiger partial charge in [0.05, 0.1) is 12.4 Å². The predicted molar refractivity (Wildman–Crippen MR) is 76.1 cm³/mol. The zero-order valence-electron chi connectivity index (χ0n) is 11.5. The van der Waals surface area contributed by atoms with E-state index in [9.17, 15) is 0 Å². The molecular formula is C14H24N4. The lowest BCUT2D eigenvalue weighted by Crippen LogP contribution is -2.37. The molecule has 0 amide bonds. The molecule has 1 aromatic heterocycles. The molecule has 0 aliphatic heterocycles. The van der Waals surface area contributed by atoms with Gasteiger partial charge in [0.1, 0.15) is 11.6 Å². The number of hydrogen-bond acceptors (Lipinski definition) is 4. The molecule has 0 radical (unpaired) electrons. The Morgan fingerprint density at radius 3 is 2.67 bits per heavy atom. The molecule has 0 atom stereocenters. The second kappa shape index (κ2) is 6.57. The summed E-state index contributed by atoms with van der Waals surface area (Å²) in [5.74, 6) is 1.90. The van der Waals surface area contributed by atoms with Gasteiger partial charge in [0.15, 0.2) is 0 Å². The fourth-order valence-corrected chi connectivity index (χ4v) is 2.76. The number of aromatic nitrogens is 2. The van der Waals surface area contributed by atoms with E-state index in [0.29, 0.717) is 6.04 Å². The Labute approximate surface area is 110 Å². The van der Waals surface area contributed by atoms with Crippen molar-refractivity contribution in [3.05, 3.63) is 12.4 Å². The average molecular weight is 248 g/mol. The van der Waals surface area contributed by atoms with Gasteiger partial charge >= 0.3 is 0 Å². The Balaban J connectivity index is 2.12. The molecule has 4 heteroatoms. The Hall–Kier alpha value is -1.32. The van der Waals surface area contributed by atoms with Crippen LogP contribution in [0.3, 0.4) is 0 Å². The van der Waals surface area contributed by atoms with E-state index in [1.807, 2.05) is 6.20 Å². The largest absolute Gasteiger partial charge is 0.369 e. The van der Waals surface area contributed by atoms with Crippen LogP contribution in [0.2, 0.25) is 0 Å². The number of nitrogens with one attached hydrogen (secondary N) is 1. The summed E-state index contributed by atoms with van der Waals surface area (Å²) >= 11 is 0. The second-order valence-electron chi connectivity index (χ2n) is 4.87. The van der Waals surface area contributed by atoms with E-state index < -0.39 is 0 Å². The molecular weight excluding hydrogens is 224 g/mol. The van der Waals surface area contributed by atoms with E-state index in [1.165, 1.54) is 32.1 Å². The minimum atomic E-state index is 0.648. The van der Waals surface area contributed by atoms with Gasteiger partial charge in [0, 0.05) is 19.1 Å². The van der Waals surface area contributed by atoms with Crippen molar-refractivity contribution >= 4 is 11.6 Å². The molecule has 1 N–H and O–H groups in total. The van der Waals surface area contributed by atoms with Gasteiger partial charge in [-0.05, 0) is 26.7 Å². The summed E-state index contributed by atoms with van der Waals surface area (Å²) in [6.45, 7) is 6.17. The van der Waals surface area contributed by atoms with Crippen molar-refractivity contribution < 1.29 is 0 Å². The van der Waals surface area contributed by atoms with Crippen LogP contribution in [0.15, 0.2) is 12.4 Å². The number of anilines is 2. The summed E-state index contributed by atoms with van der Waals surface area (Å²) in [5, 5.41) is 3.23. The summed E-state index contributed by atoms with van der Waals surface area (Å²) in [6.07, 6.45) is 10.3. The molecule has 100 valence electrons. The molecule has 18 heavy (non-hydrogen) atoms. The Morgan fingerprint density at radius 2 is 2.00 bits per heavy atom. The molecule has 0 bridgehead atoms. The molecule has 4 nitrogen and oxygen atoms in total. The molecule has 1 aliphatic rings. The molecule has 1 aliphatic carbocycles. The van der Waals surface area contributed by atoms with Gasteiger partial charge in [-0.1, -0.05) is 19.3 Å². The van der Waals surface area contributed by atoms with Crippen LogP contribution in [-0.4, -0.2) is 29.1 Å². The molecule has 0 saturated heterocycles. The minimum absolute atomic E-state index is 0.648. The highest BCUT2D eigenvalue weighted by atomic mass is 15.2. The molecule has 1 aromatic rings. The summed E-state index contributed by atoms with van der Waals surface area (Å²) < 4.78 is 0. The summed E-state index contributed by atoms with van der Waals surface area (Å²) in [6, 6.07) is 0.648. The number of hydrogen-bond donors (Lipinski definition) is 1. The molecule has 2 rings (SSSR count). The maximum Gasteiger partial charge on any atom is 0.149 e. The fraction of sp³-hybridized carbons (Fsp3) is 0.714. The number of rotatable bonds is 5. The standard InChI is InChI=1S/C14H24N4/c1-3-16-13-10-15-11-14(17-13)18(4-2)12-8-6-5-7-9-12/h10-12H,3-9H2,1-2H3,(H,16,17). The van der Waals surface area contributed by atoms with Crippen LogP contribution in [0.4, 0.5) is 11.6 Å². The third-order valence-electron chi connectivity index (χ3n) is 3.63. The van der Waals surface area contributed by atoms with Crippen LogP contribution < -0.4 is 10.2 Å². The van der Waals surface area contributed by atoms with Crippen molar-refractivity contribution in [2.45, 2.75) is 52.0 Å². The van der Waals surface area contributed by atoms with Crippen LogP contribution in [0.25, 0.3) is 0 Å². The van der Waals surface area contributed by atoms with Crippen LogP contribution in [0, 0.1) is 0 Å². The van der Waals surface area contributed by atoms with Gasteiger partial charge in [-0.3, -0.25) is 4.98 Å². The molecule has 1 heterocycles. The first-order valence-corrected chi connectivity index (χ1v) is 7.17. The maximum atomic E-state index is 4.66. The normalized spacial score (nSPS) is 16.6. The first-order chi connectivity index (χ1) is 8.85. The van der Waals surface area contributed by atoms with E-state index in [4.69, 9.17) is 0 Å². The summed E-state index contributed by atoms with van der Waals surface area (Å²) in [5.41, 5.74) is 0. The van der Waals surface area contributed by atoms with Gasteiger partial charge in [0.2, 0.25) is 0 Å². The third-order valence-corrected chi connectivity index (χ3v) is 3.63. The van der Waals surface area contributed by atoms with Gasteiger partial charge in [-0.15, -0.1) is 0 Å². The van der Waals surface area contributed by atoms with E-state index in [2.05, 4.69) is 34.0 Å².